The summed E-state index contributed by atoms with van der Waals surface area (Å²) in [5, 5.41) is 3.53. The highest BCUT2D eigenvalue weighted by Crippen LogP contribution is 2.59. The number of esters is 1. The Morgan fingerprint density at radius 1 is 1.39 bits per heavy atom. The predicted molar refractivity (Wildman–Crippen MR) is 93.0 cm³/mol. The van der Waals surface area contributed by atoms with Gasteiger partial charge >= 0.3 is 5.97 Å². The van der Waals surface area contributed by atoms with Gasteiger partial charge in [0.25, 0.3) is 0 Å². The number of ether oxygens (including phenoxy) is 1. The number of benzene rings is 1. The minimum Gasteiger partial charge on any atom is -0.469 e. The van der Waals surface area contributed by atoms with Crippen LogP contribution < -0.4 is 5.32 Å². The molecule has 126 valence electrons. The highest BCUT2D eigenvalue weighted by molar-refractivity contribution is 5.85. The number of nitrogens with one attached hydrogen (secondary N) is 1. The Kier molecular flexibility index (Phi) is 4.56. The second-order valence-electron chi connectivity index (χ2n) is 7.05. The van der Waals surface area contributed by atoms with Crippen LogP contribution in [0.1, 0.15) is 30.4 Å². The number of piperidine rings is 1. The van der Waals surface area contributed by atoms with Crippen molar-refractivity contribution >= 4 is 24.1 Å². The summed E-state index contributed by atoms with van der Waals surface area (Å²) in [6.45, 7) is 4.28. The van der Waals surface area contributed by atoms with Crippen molar-refractivity contribution in [1.82, 2.24) is 4.90 Å². The normalized spacial score (nSPS) is 24.5. The molecular weight excluding hydrogens is 312 g/mol. The van der Waals surface area contributed by atoms with E-state index in [1.807, 2.05) is 0 Å². The van der Waals surface area contributed by atoms with E-state index in [0.29, 0.717) is 0 Å². The summed E-state index contributed by atoms with van der Waals surface area (Å²) in [6.07, 6.45) is 4.45. The van der Waals surface area contributed by atoms with Gasteiger partial charge in [0.2, 0.25) is 0 Å². The molecule has 1 unspecified atom stereocenters. The fourth-order valence-corrected chi connectivity index (χ4v) is 4.32. The zero-order chi connectivity index (χ0) is 15.2. The van der Waals surface area contributed by atoms with E-state index in [9.17, 15) is 4.79 Å². The molecule has 1 aromatic carbocycles. The lowest BCUT2D eigenvalue weighted by molar-refractivity contribution is -0.143. The van der Waals surface area contributed by atoms with E-state index >= 15 is 0 Å². The second kappa shape index (κ2) is 6.33. The average Bonchev–Trinajstić information content (AvgIpc) is 3.02. The number of carbonyl (C=O) groups is 1. The van der Waals surface area contributed by atoms with Gasteiger partial charge in [0.05, 0.1) is 13.0 Å². The Balaban J connectivity index is 0.00000156. The van der Waals surface area contributed by atoms with Gasteiger partial charge in [-0.15, -0.1) is 12.4 Å². The molecule has 0 amide bonds. The zero-order valence-electron chi connectivity index (χ0n) is 13.6. The summed E-state index contributed by atoms with van der Waals surface area (Å²) in [5.41, 5.74) is 4.51. The van der Waals surface area contributed by atoms with Crippen LogP contribution in [0.5, 0.6) is 0 Å². The number of para-hydroxylation sites is 1. The third-order valence-electron chi connectivity index (χ3n) is 5.85. The summed E-state index contributed by atoms with van der Waals surface area (Å²) >= 11 is 0. The first-order valence-electron chi connectivity index (χ1n) is 8.37. The molecule has 2 fully saturated rings. The van der Waals surface area contributed by atoms with Gasteiger partial charge in [-0.3, -0.25) is 9.69 Å². The maximum absolute atomic E-state index is 11.7. The van der Waals surface area contributed by atoms with Crippen LogP contribution in [0.25, 0.3) is 0 Å². The molecule has 3 aliphatic rings. The summed E-state index contributed by atoms with van der Waals surface area (Å²) in [7, 11) is 1.51. The van der Waals surface area contributed by atoms with Gasteiger partial charge in [-0.05, 0) is 55.3 Å². The summed E-state index contributed by atoms with van der Waals surface area (Å²) in [5.74, 6) is 0.167. The zero-order valence-corrected chi connectivity index (χ0v) is 14.5. The molecule has 2 aliphatic heterocycles. The van der Waals surface area contributed by atoms with E-state index in [0.717, 1.165) is 51.9 Å². The van der Waals surface area contributed by atoms with Gasteiger partial charge in [-0.25, -0.2) is 0 Å². The van der Waals surface area contributed by atoms with Crippen molar-refractivity contribution in [3.8, 4) is 0 Å². The lowest BCUT2D eigenvalue weighted by atomic mass is 9.90. The number of rotatable bonds is 3. The van der Waals surface area contributed by atoms with Crippen LogP contribution in [-0.4, -0.2) is 37.6 Å². The van der Waals surface area contributed by atoms with Crippen LogP contribution in [0.4, 0.5) is 5.69 Å². The van der Waals surface area contributed by atoms with Crippen molar-refractivity contribution in [3.05, 3.63) is 29.3 Å². The predicted octanol–water partition coefficient (Wildman–Crippen LogP) is 2.85. The lowest BCUT2D eigenvalue weighted by Gasteiger charge is -2.33. The summed E-state index contributed by atoms with van der Waals surface area (Å²) in [4.78, 5) is 14.2. The van der Waals surface area contributed by atoms with E-state index in [1.165, 1.54) is 23.9 Å². The highest BCUT2D eigenvalue weighted by atomic mass is 35.5. The quantitative estimate of drug-likeness (QED) is 0.862. The summed E-state index contributed by atoms with van der Waals surface area (Å²) < 4.78 is 4.91. The van der Waals surface area contributed by atoms with E-state index < -0.39 is 0 Å². The van der Waals surface area contributed by atoms with Crippen LogP contribution in [0.2, 0.25) is 0 Å². The van der Waals surface area contributed by atoms with Crippen LogP contribution in [0.3, 0.4) is 0 Å². The number of methoxy groups -OCH3 is 1. The van der Waals surface area contributed by atoms with Gasteiger partial charge in [0.15, 0.2) is 0 Å². The first-order valence-corrected chi connectivity index (χ1v) is 8.37. The first-order chi connectivity index (χ1) is 10.7. The third kappa shape index (κ3) is 2.94. The van der Waals surface area contributed by atoms with Crippen molar-refractivity contribution in [2.24, 2.45) is 11.3 Å². The van der Waals surface area contributed by atoms with Gasteiger partial charge in [0, 0.05) is 18.8 Å². The van der Waals surface area contributed by atoms with Crippen molar-refractivity contribution in [2.45, 2.75) is 32.2 Å². The Morgan fingerprint density at radius 3 is 2.91 bits per heavy atom. The van der Waals surface area contributed by atoms with E-state index in [4.69, 9.17) is 4.74 Å². The minimum atomic E-state index is -0.00136. The molecule has 1 spiro atoms. The Labute approximate surface area is 144 Å². The smallest absolute Gasteiger partial charge is 0.309 e. The molecule has 4 rings (SSSR count). The van der Waals surface area contributed by atoms with E-state index in [1.54, 1.807) is 0 Å². The molecule has 1 aromatic rings. The Morgan fingerprint density at radius 2 is 2.17 bits per heavy atom. The minimum absolute atomic E-state index is 0. The second-order valence-corrected chi connectivity index (χ2v) is 7.05. The fraction of sp³-hybridized carbons (Fsp3) is 0.611. The van der Waals surface area contributed by atoms with Gasteiger partial charge in [0.1, 0.15) is 0 Å². The lowest BCUT2D eigenvalue weighted by Crippen LogP contribution is -2.35. The number of halogens is 1. The standard InChI is InChI=1S/C18H24N2O2.ClH/c1-22-17(21)15-11-18(15)6-9-20(10-7-18)12-14-4-2-3-13-5-8-19-16(13)14;/h2-4,15,19H,5-12H2,1H3;1H. The number of hydrogen-bond acceptors (Lipinski definition) is 4. The molecule has 4 nitrogen and oxygen atoms in total. The van der Waals surface area contributed by atoms with E-state index in [2.05, 4.69) is 28.4 Å². The first kappa shape index (κ1) is 16.6. The van der Waals surface area contributed by atoms with Gasteiger partial charge < -0.3 is 10.1 Å². The number of likely N-dealkylation sites (tertiary alicyclic amines) is 1. The monoisotopic (exact) mass is 336 g/mol. The highest BCUT2D eigenvalue weighted by Gasteiger charge is 2.59. The van der Waals surface area contributed by atoms with Gasteiger partial charge in [-0.2, -0.15) is 0 Å². The molecule has 2 heterocycles. The molecule has 1 aliphatic carbocycles. The molecule has 5 heteroatoms. The van der Waals surface area contributed by atoms with Crippen LogP contribution >= 0.6 is 12.4 Å². The molecule has 23 heavy (non-hydrogen) atoms. The Hall–Kier alpha value is -1.26. The van der Waals surface area contributed by atoms with Crippen molar-refractivity contribution in [1.29, 1.82) is 0 Å². The summed E-state index contributed by atoms with van der Waals surface area (Å²) in [6, 6.07) is 6.66. The third-order valence-corrected chi connectivity index (χ3v) is 5.85. The number of anilines is 1. The molecule has 1 atom stereocenters. The number of hydrogen-bond donors (Lipinski definition) is 1. The molecule has 0 bridgehead atoms. The SMILES string of the molecule is COC(=O)C1CC12CCN(Cc1cccc3c1NCC3)CC2.Cl. The Bertz CT molecular complexity index is 597. The number of nitrogens with zero attached hydrogens (tertiary/aromatic N) is 1. The van der Waals surface area contributed by atoms with Crippen LogP contribution in [0.15, 0.2) is 18.2 Å². The number of carbonyl (C=O) groups excluding carboxylic acids is 1. The maximum atomic E-state index is 11.7. The molecule has 1 saturated heterocycles. The van der Waals surface area contributed by atoms with Crippen LogP contribution in [-0.2, 0) is 22.5 Å². The van der Waals surface area contributed by atoms with Crippen molar-refractivity contribution in [2.75, 3.05) is 32.1 Å². The molecule has 0 radical (unpaired) electrons. The topological polar surface area (TPSA) is 41.6 Å². The molecule has 0 aromatic heterocycles. The van der Waals surface area contributed by atoms with Crippen molar-refractivity contribution < 1.29 is 9.53 Å². The van der Waals surface area contributed by atoms with Crippen LogP contribution in [0, 0.1) is 11.3 Å². The maximum Gasteiger partial charge on any atom is 0.309 e. The molecule has 1 saturated carbocycles. The van der Waals surface area contributed by atoms with E-state index in [-0.39, 0.29) is 29.7 Å². The molecule has 1 N–H and O–H groups in total. The number of fused-ring (bicyclic) bond motifs is 1. The van der Waals surface area contributed by atoms with Crippen molar-refractivity contribution in [3.63, 3.8) is 0 Å². The average molecular weight is 337 g/mol. The largest absolute Gasteiger partial charge is 0.469 e. The van der Waals surface area contributed by atoms with Gasteiger partial charge in [-0.1, -0.05) is 18.2 Å². The fourth-order valence-electron chi connectivity index (χ4n) is 4.32. The molecular formula is C18H25ClN2O2.